The largest absolute Gasteiger partial charge is 0.480 e. The molecule has 132 valence electrons. The molecule has 0 heterocycles. The Kier molecular flexibility index (Phi) is 9.51. The van der Waals surface area contributed by atoms with Gasteiger partial charge in [-0.25, -0.2) is 0 Å². The minimum atomic E-state index is -1.24. The molecule has 0 aromatic rings. The van der Waals surface area contributed by atoms with Crippen molar-refractivity contribution in [3.05, 3.63) is 0 Å². The van der Waals surface area contributed by atoms with Crippen LogP contribution in [0.4, 0.5) is 0 Å². The van der Waals surface area contributed by atoms with E-state index >= 15 is 0 Å². The molecule has 10 nitrogen and oxygen atoms in total. The molecular weight excluding hydrogens is 308 g/mol. The maximum Gasteiger partial charge on any atom is 0.322 e. The summed E-state index contributed by atoms with van der Waals surface area (Å²) in [7, 11) is 0. The molecular formula is C13H24N4O6. The summed E-state index contributed by atoms with van der Waals surface area (Å²) < 4.78 is 0. The lowest BCUT2D eigenvalue weighted by Crippen LogP contribution is -2.54. The Balaban J connectivity index is 4.33. The molecule has 2 unspecified atom stereocenters. The second-order valence-electron chi connectivity index (χ2n) is 5.37. The van der Waals surface area contributed by atoms with Gasteiger partial charge in [0.25, 0.3) is 0 Å². The van der Waals surface area contributed by atoms with Gasteiger partial charge in [-0.3, -0.25) is 19.2 Å². The zero-order valence-corrected chi connectivity index (χ0v) is 13.2. The van der Waals surface area contributed by atoms with Crippen molar-refractivity contribution < 1.29 is 29.4 Å². The fraction of sp³-hybridized carbons (Fsp3) is 0.692. The molecule has 0 aromatic carbocycles. The molecule has 0 fully saturated rings. The molecule has 0 bridgehead atoms. The molecule has 0 rings (SSSR count). The number of aliphatic carboxylic acids is 1. The molecule has 0 aromatic heterocycles. The van der Waals surface area contributed by atoms with Crippen molar-refractivity contribution in [2.24, 2.45) is 11.7 Å². The smallest absolute Gasteiger partial charge is 0.322 e. The van der Waals surface area contributed by atoms with Crippen LogP contribution in [0.1, 0.15) is 20.3 Å². The highest BCUT2D eigenvalue weighted by Crippen LogP contribution is 2.02. The van der Waals surface area contributed by atoms with Gasteiger partial charge in [0.1, 0.15) is 12.6 Å². The molecule has 0 saturated carbocycles. The fourth-order valence-corrected chi connectivity index (χ4v) is 1.62. The van der Waals surface area contributed by atoms with Crippen molar-refractivity contribution in [1.82, 2.24) is 16.0 Å². The van der Waals surface area contributed by atoms with Crippen molar-refractivity contribution in [2.45, 2.75) is 32.4 Å². The van der Waals surface area contributed by atoms with Gasteiger partial charge in [-0.2, -0.15) is 0 Å². The van der Waals surface area contributed by atoms with E-state index in [-0.39, 0.29) is 5.92 Å². The van der Waals surface area contributed by atoms with Gasteiger partial charge in [-0.15, -0.1) is 0 Å². The first-order valence-corrected chi connectivity index (χ1v) is 7.10. The lowest BCUT2D eigenvalue weighted by molar-refractivity contribution is -0.138. The van der Waals surface area contributed by atoms with Gasteiger partial charge in [0.05, 0.1) is 19.2 Å². The number of hydrogen-bond donors (Lipinski definition) is 6. The third-order valence-corrected chi connectivity index (χ3v) is 2.74. The van der Waals surface area contributed by atoms with Crippen LogP contribution in [0.5, 0.6) is 0 Å². The van der Waals surface area contributed by atoms with Crippen molar-refractivity contribution in [1.29, 1.82) is 0 Å². The van der Waals surface area contributed by atoms with Crippen LogP contribution in [0, 0.1) is 5.92 Å². The third kappa shape index (κ3) is 9.42. The van der Waals surface area contributed by atoms with E-state index in [1.165, 1.54) is 0 Å². The van der Waals surface area contributed by atoms with E-state index < -0.39 is 55.5 Å². The van der Waals surface area contributed by atoms with E-state index in [9.17, 15) is 19.2 Å². The maximum absolute atomic E-state index is 11.8. The van der Waals surface area contributed by atoms with Crippen LogP contribution in [-0.2, 0) is 19.2 Å². The van der Waals surface area contributed by atoms with Gasteiger partial charge in [0.2, 0.25) is 17.7 Å². The molecule has 0 aliphatic heterocycles. The lowest BCUT2D eigenvalue weighted by atomic mass is 10.0. The highest BCUT2D eigenvalue weighted by molar-refractivity contribution is 5.92. The van der Waals surface area contributed by atoms with Crippen LogP contribution in [-0.4, -0.2) is 65.7 Å². The molecule has 0 saturated heterocycles. The molecule has 0 aliphatic rings. The summed E-state index contributed by atoms with van der Waals surface area (Å²) >= 11 is 0. The summed E-state index contributed by atoms with van der Waals surface area (Å²) in [5, 5.41) is 24.1. The minimum absolute atomic E-state index is 0.190. The van der Waals surface area contributed by atoms with Crippen molar-refractivity contribution in [3.8, 4) is 0 Å². The van der Waals surface area contributed by atoms with Crippen LogP contribution < -0.4 is 21.7 Å². The van der Waals surface area contributed by atoms with Gasteiger partial charge in [-0.05, 0) is 12.3 Å². The van der Waals surface area contributed by atoms with E-state index in [4.69, 9.17) is 15.9 Å². The summed E-state index contributed by atoms with van der Waals surface area (Å²) in [6, 6.07) is -2.05. The van der Waals surface area contributed by atoms with E-state index in [0.29, 0.717) is 6.42 Å². The average molecular weight is 332 g/mol. The summed E-state index contributed by atoms with van der Waals surface area (Å²) in [6.45, 7) is 2.07. The standard InChI is InChI=1S/C13H24N4O6/c1-7(2)3-8(14)12(22)17-9(6-18)13(23)16-4-10(19)15-5-11(20)21/h7-9,18H,3-6,14H2,1-2H3,(H,15,19)(H,16,23)(H,17,22)(H,20,21). The minimum Gasteiger partial charge on any atom is -0.480 e. The zero-order valence-electron chi connectivity index (χ0n) is 13.2. The summed E-state index contributed by atoms with van der Waals surface area (Å²) in [5.74, 6) is -3.09. The summed E-state index contributed by atoms with van der Waals surface area (Å²) in [6.07, 6.45) is 0.420. The SMILES string of the molecule is CC(C)CC(N)C(=O)NC(CO)C(=O)NCC(=O)NCC(=O)O. The fourth-order valence-electron chi connectivity index (χ4n) is 1.62. The highest BCUT2D eigenvalue weighted by Gasteiger charge is 2.23. The number of aliphatic hydroxyl groups excluding tert-OH is 1. The Morgan fingerprint density at radius 3 is 2.13 bits per heavy atom. The van der Waals surface area contributed by atoms with Crippen LogP contribution in [0.2, 0.25) is 0 Å². The van der Waals surface area contributed by atoms with Gasteiger partial charge in [0.15, 0.2) is 0 Å². The third-order valence-electron chi connectivity index (χ3n) is 2.74. The number of nitrogens with one attached hydrogen (secondary N) is 3. The van der Waals surface area contributed by atoms with E-state index in [0.717, 1.165) is 0 Å². The van der Waals surface area contributed by atoms with Crippen molar-refractivity contribution in [3.63, 3.8) is 0 Å². The number of rotatable bonds is 10. The highest BCUT2D eigenvalue weighted by atomic mass is 16.4. The molecule has 0 aliphatic carbocycles. The molecule has 10 heteroatoms. The van der Waals surface area contributed by atoms with Crippen molar-refractivity contribution >= 4 is 23.7 Å². The number of carbonyl (C=O) groups excluding carboxylic acids is 3. The second kappa shape index (κ2) is 10.5. The lowest BCUT2D eigenvalue weighted by Gasteiger charge is -2.19. The second-order valence-corrected chi connectivity index (χ2v) is 5.37. The first-order valence-electron chi connectivity index (χ1n) is 7.10. The molecule has 7 N–H and O–H groups in total. The van der Waals surface area contributed by atoms with Crippen LogP contribution >= 0.6 is 0 Å². The Bertz CT molecular complexity index is 440. The first-order chi connectivity index (χ1) is 10.7. The van der Waals surface area contributed by atoms with Crippen molar-refractivity contribution in [2.75, 3.05) is 19.7 Å². The maximum atomic E-state index is 11.8. The zero-order chi connectivity index (χ0) is 18.0. The topological polar surface area (TPSA) is 171 Å². The predicted molar refractivity (Wildman–Crippen MR) is 80.1 cm³/mol. The van der Waals surface area contributed by atoms with E-state index in [1.54, 1.807) is 0 Å². The first kappa shape index (κ1) is 20.8. The number of carbonyl (C=O) groups is 4. The van der Waals surface area contributed by atoms with Crippen LogP contribution in [0.15, 0.2) is 0 Å². The number of nitrogens with two attached hydrogens (primary N) is 1. The number of carboxylic acids is 1. The van der Waals surface area contributed by atoms with Crippen LogP contribution in [0.25, 0.3) is 0 Å². The van der Waals surface area contributed by atoms with E-state index in [1.807, 2.05) is 13.8 Å². The van der Waals surface area contributed by atoms with Gasteiger partial charge < -0.3 is 31.9 Å². The molecule has 3 amide bonds. The molecule has 23 heavy (non-hydrogen) atoms. The number of aliphatic hydroxyl groups is 1. The average Bonchev–Trinajstić information content (AvgIpc) is 2.46. The summed E-state index contributed by atoms with van der Waals surface area (Å²) in [4.78, 5) is 45.1. The molecule has 0 radical (unpaired) electrons. The predicted octanol–water partition coefficient (Wildman–Crippen LogP) is -2.85. The molecule has 0 spiro atoms. The number of hydrogen-bond acceptors (Lipinski definition) is 6. The van der Waals surface area contributed by atoms with Gasteiger partial charge in [0, 0.05) is 0 Å². The number of carboxylic acid groups (broad SMARTS) is 1. The quantitative estimate of drug-likeness (QED) is 0.250. The van der Waals surface area contributed by atoms with Gasteiger partial charge >= 0.3 is 5.97 Å². The monoisotopic (exact) mass is 332 g/mol. The number of amides is 3. The Hall–Kier alpha value is -2.20. The normalized spacial score (nSPS) is 13.1. The summed E-state index contributed by atoms with van der Waals surface area (Å²) in [5.41, 5.74) is 5.67. The Morgan fingerprint density at radius 1 is 1.04 bits per heavy atom. The van der Waals surface area contributed by atoms with Gasteiger partial charge in [-0.1, -0.05) is 13.8 Å². The van der Waals surface area contributed by atoms with E-state index in [2.05, 4.69) is 16.0 Å². The Labute approximate surface area is 133 Å². The molecule has 2 atom stereocenters. The van der Waals surface area contributed by atoms with Crippen LogP contribution in [0.3, 0.4) is 0 Å². The Morgan fingerprint density at radius 2 is 1.65 bits per heavy atom.